The third kappa shape index (κ3) is 4.34. The van der Waals surface area contributed by atoms with E-state index in [9.17, 15) is 18.0 Å². The average molecular weight is 458 g/mol. The Kier molecular flexibility index (Phi) is 6.08. The Labute approximate surface area is 185 Å². The lowest BCUT2D eigenvalue weighted by Crippen LogP contribution is -2.49. The van der Waals surface area contributed by atoms with E-state index in [-0.39, 0.29) is 16.0 Å². The van der Waals surface area contributed by atoms with E-state index in [2.05, 4.69) is 10.6 Å². The number of hydrogen-bond acceptors (Lipinski definition) is 5. The summed E-state index contributed by atoms with van der Waals surface area (Å²) < 4.78 is 27.8. The maximum Gasteiger partial charge on any atom is 0.253 e. The van der Waals surface area contributed by atoms with Crippen LogP contribution in [0.1, 0.15) is 26.2 Å². The fourth-order valence-corrected chi connectivity index (χ4v) is 6.68. The second-order valence-electron chi connectivity index (χ2n) is 7.44. The zero-order valence-corrected chi connectivity index (χ0v) is 18.6. The number of thiophene rings is 1. The van der Waals surface area contributed by atoms with Crippen LogP contribution in [0.3, 0.4) is 0 Å². The number of nitrogens with zero attached hydrogens (tertiary/aromatic N) is 1. The van der Waals surface area contributed by atoms with Gasteiger partial charge in [0, 0.05) is 35.6 Å². The van der Waals surface area contributed by atoms with E-state index in [0.29, 0.717) is 24.3 Å². The van der Waals surface area contributed by atoms with Gasteiger partial charge in [0.05, 0.1) is 0 Å². The van der Waals surface area contributed by atoms with Crippen molar-refractivity contribution in [3.63, 3.8) is 0 Å². The number of sulfonamides is 1. The molecular weight excluding hydrogens is 434 g/mol. The van der Waals surface area contributed by atoms with Gasteiger partial charge in [-0.2, -0.15) is 4.31 Å². The lowest BCUT2D eigenvalue weighted by Gasteiger charge is -2.33. The molecule has 9 heteroatoms. The van der Waals surface area contributed by atoms with Gasteiger partial charge in [-0.15, -0.1) is 11.3 Å². The molecule has 31 heavy (non-hydrogen) atoms. The molecule has 2 heterocycles. The van der Waals surface area contributed by atoms with Crippen LogP contribution in [0, 0.1) is 0 Å². The van der Waals surface area contributed by atoms with Gasteiger partial charge in [-0.25, -0.2) is 8.42 Å². The van der Waals surface area contributed by atoms with Crippen LogP contribution >= 0.6 is 11.3 Å². The standard InChI is InChI=1S/C22H23N3O4S2/c1-15(26)23-18-11-12-19(17-8-3-2-7-16(17)18)24-22(27)20-9-4-5-13-25(20)31(28,29)21-10-6-14-30-21/h2-3,6-8,10-12,14,20H,4-5,9,13H2,1H3,(H,23,26)(H,24,27). The summed E-state index contributed by atoms with van der Waals surface area (Å²) in [5.41, 5.74) is 1.23. The minimum absolute atomic E-state index is 0.182. The Morgan fingerprint density at radius 3 is 2.26 bits per heavy atom. The number of carbonyl (C=O) groups excluding carboxylic acids is 2. The molecule has 0 aliphatic carbocycles. The number of anilines is 2. The Hall–Kier alpha value is -2.75. The average Bonchev–Trinajstić information content (AvgIpc) is 3.31. The molecule has 0 saturated carbocycles. The van der Waals surface area contributed by atoms with Crippen molar-refractivity contribution in [3.05, 3.63) is 53.9 Å². The molecule has 1 fully saturated rings. The van der Waals surface area contributed by atoms with Gasteiger partial charge in [0.2, 0.25) is 11.8 Å². The maximum atomic E-state index is 13.2. The number of benzene rings is 2. The third-order valence-corrected chi connectivity index (χ3v) is 8.59. The summed E-state index contributed by atoms with van der Waals surface area (Å²) in [6.45, 7) is 1.76. The van der Waals surface area contributed by atoms with Gasteiger partial charge in [-0.1, -0.05) is 36.8 Å². The van der Waals surface area contributed by atoms with Crippen molar-refractivity contribution < 1.29 is 18.0 Å². The highest BCUT2D eigenvalue weighted by molar-refractivity contribution is 7.91. The first kappa shape index (κ1) is 21.5. The highest BCUT2D eigenvalue weighted by Crippen LogP contribution is 2.32. The van der Waals surface area contributed by atoms with Gasteiger partial charge in [-0.05, 0) is 36.4 Å². The largest absolute Gasteiger partial charge is 0.326 e. The van der Waals surface area contributed by atoms with Crippen LogP contribution in [0.2, 0.25) is 0 Å². The third-order valence-electron chi connectivity index (χ3n) is 5.31. The summed E-state index contributed by atoms with van der Waals surface area (Å²) in [6.07, 6.45) is 1.98. The lowest BCUT2D eigenvalue weighted by atomic mass is 10.0. The van der Waals surface area contributed by atoms with Crippen molar-refractivity contribution in [2.75, 3.05) is 17.2 Å². The zero-order valence-electron chi connectivity index (χ0n) is 17.0. The summed E-state index contributed by atoms with van der Waals surface area (Å²) in [4.78, 5) is 24.7. The molecule has 2 amide bonds. The lowest BCUT2D eigenvalue weighted by molar-refractivity contribution is -0.120. The van der Waals surface area contributed by atoms with Crippen molar-refractivity contribution in [2.24, 2.45) is 0 Å². The molecule has 4 rings (SSSR count). The maximum absolute atomic E-state index is 13.2. The van der Waals surface area contributed by atoms with E-state index < -0.39 is 16.1 Å². The molecule has 0 spiro atoms. The number of fused-ring (bicyclic) bond motifs is 1. The minimum Gasteiger partial charge on any atom is -0.326 e. The van der Waals surface area contributed by atoms with Crippen molar-refractivity contribution in [1.82, 2.24) is 4.31 Å². The van der Waals surface area contributed by atoms with Crippen molar-refractivity contribution in [1.29, 1.82) is 0 Å². The van der Waals surface area contributed by atoms with Crippen molar-refractivity contribution >= 4 is 55.3 Å². The molecular formula is C22H23N3O4S2. The Morgan fingerprint density at radius 2 is 1.65 bits per heavy atom. The quantitative estimate of drug-likeness (QED) is 0.604. The monoisotopic (exact) mass is 457 g/mol. The van der Waals surface area contributed by atoms with E-state index >= 15 is 0 Å². The van der Waals surface area contributed by atoms with Crippen molar-refractivity contribution in [3.8, 4) is 0 Å². The number of hydrogen-bond donors (Lipinski definition) is 2. The first-order valence-corrected chi connectivity index (χ1v) is 12.4. The van der Waals surface area contributed by atoms with Gasteiger partial charge in [0.25, 0.3) is 10.0 Å². The van der Waals surface area contributed by atoms with E-state index in [1.807, 2.05) is 24.3 Å². The fraction of sp³-hybridized carbons (Fsp3) is 0.273. The molecule has 0 radical (unpaired) electrons. The highest BCUT2D eigenvalue weighted by atomic mass is 32.2. The number of carbonyl (C=O) groups is 2. The molecule has 1 aromatic heterocycles. The van der Waals surface area contributed by atoms with Crippen LogP contribution in [0.15, 0.2) is 58.1 Å². The van der Waals surface area contributed by atoms with E-state index in [0.717, 1.165) is 35.0 Å². The first-order valence-electron chi connectivity index (χ1n) is 10.0. The fourth-order valence-electron chi connectivity index (χ4n) is 3.90. The molecule has 7 nitrogen and oxygen atoms in total. The predicted octanol–water partition coefficient (Wildman–Crippen LogP) is 4.04. The molecule has 1 unspecified atom stereocenters. The normalized spacial score (nSPS) is 17.4. The van der Waals surface area contributed by atoms with Gasteiger partial charge in [0.1, 0.15) is 10.3 Å². The van der Waals surface area contributed by atoms with Gasteiger partial charge in [-0.3, -0.25) is 9.59 Å². The summed E-state index contributed by atoms with van der Waals surface area (Å²) in [7, 11) is -3.72. The molecule has 1 aliphatic rings. The molecule has 2 aromatic carbocycles. The SMILES string of the molecule is CC(=O)Nc1ccc(NC(=O)C2CCCCN2S(=O)(=O)c2cccs2)c2ccccc12. The summed E-state index contributed by atoms with van der Waals surface area (Å²) in [5, 5.41) is 9.00. The van der Waals surface area contributed by atoms with Crippen LogP contribution in [-0.4, -0.2) is 37.1 Å². The topological polar surface area (TPSA) is 95.6 Å². The van der Waals surface area contributed by atoms with Crippen LogP contribution < -0.4 is 10.6 Å². The zero-order chi connectivity index (χ0) is 22.0. The highest BCUT2D eigenvalue weighted by Gasteiger charge is 2.38. The van der Waals surface area contributed by atoms with Crippen molar-refractivity contribution in [2.45, 2.75) is 36.4 Å². The molecule has 1 atom stereocenters. The smallest absolute Gasteiger partial charge is 0.253 e. The van der Waals surface area contributed by atoms with Crippen LogP contribution in [0.4, 0.5) is 11.4 Å². The van der Waals surface area contributed by atoms with E-state index in [1.54, 1.807) is 29.6 Å². The molecule has 1 aliphatic heterocycles. The van der Waals surface area contributed by atoms with Gasteiger partial charge >= 0.3 is 0 Å². The Morgan fingerprint density at radius 1 is 0.968 bits per heavy atom. The predicted molar refractivity (Wildman–Crippen MR) is 123 cm³/mol. The molecule has 2 N–H and O–H groups in total. The minimum atomic E-state index is -3.72. The van der Waals surface area contributed by atoms with Crippen LogP contribution in [0.5, 0.6) is 0 Å². The number of amides is 2. The molecule has 162 valence electrons. The molecule has 0 bridgehead atoms. The van der Waals surface area contributed by atoms with E-state index in [4.69, 9.17) is 0 Å². The second kappa shape index (κ2) is 8.78. The second-order valence-corrected chi connectivity index (χ2v) is 10.5. The number of nitrogens with one attached hydrogen (secondary N) is 2. The van der Waals surface area contributed by atoms with Gasteiger partial charge in [0.15, 0.2) is 0 Å². The first-order chi connectivity index (χ1) is 14.9. The summed E-state index contributed by atoms with van der Waals surface area (Å²) >= 11 is 1.15. The number of rotatable bonds is 5. The van der Waals surface area contributed by atoms with Gasteiger partial charge < -0.3 is 10.6 Å². The molecule has 3 aromatic rings. The Balaban J connectivity index is 1.64. The molecule has 1 saturated heterocycles. The summed E-state index contributed by atoms with van der Waals surface area (Å²) in [5.74, 6) is -0.532. The number of piperidine rings is 1. The van der Waals surface area contributed by atoms with E-state index in [1.165, 1.54) is 11.2 Å². The van der Waals surface area contributed by atoms with Crippen LogP contribution in [-0.2, 0) is 19.6 Å². The summed E-state index contributed by atoms with van der Waals surface area (Å²) in [6, 6.07) is 13.4. The Bertz CT molecular complexity index is 1220. The van der Waals surface area contributed by atoms with Crippen LogP contribution in [0.25, 0.3) is 10.8 Å².